The molecule has 0 aromatic carbocycles. The van der Waals surface area contributed by atoms with Crippen LogP contribution in [-0.4, -0.2) is 28.0 Å². The van der Waals surface area contributed by atoms with Gasteiger partial charge in [-0.2, -0.15) is 0 Å². The molecule has 1 heterocycles. The van der Waals surface area contributed by atoms with Gasteiger partial charge < -0.3 is 15.4 Å². The summed E-state index contributed by atoms with van der Waals surface area (Å²) < 4.78 is 0. The second-order valence-corrected chi connectivity index (χ2v) is 6.24. The first-order valence-corrected chi connectivity index (χ1v) is 7.83. The fourth-order valence-electron chi connectivity index (χ4n) is 3.44. The van der Waals surface area contributed by atoms with Crippen molar-refractivity contribution in [3.63, 3.8) is 0 Å². The molecule has 1 saturated carbocycles. The maximum absolute atomic E-state index is 12.3. The highest BCUT2D eigenvalue weighted by Gasteiger charge is 2.31. The van der Waals surface area contributed by atoms with E-state index in [9.17, 15) is 14.4 Å². The van der Waals surface area contributed by atoms with Crippen LogP contribution in [0.3, 0.4) is 0 Å². The van der Waals surface area contributed by atoms with E-state index >= 15 is 0 Å². The molecule has 1 aromatic heterocycles. The van der Waals surface area contributed by atoms with Crippen molar-refractivity contribution in [1.29, 1.82) is 0 Å². The minimum absolute atomic E-state index is 0.138. The first kappa shape index (κ1) is 14.8. The molecule has 0 saturated heterocycles. The predicted octanol–water partition coefficient (Wildman–Crippen LogP) is 1.24. The highest BCUT2D eigenvalue weighted by atomic mass is 16.4. The highest BCUT2D eigenvalue weighted by Crippen LogP contribution is 2.26. The Morgan fingerprint density at radius 2 is 2.00 bits per heavy atom. The normalized spacial score (nSPS) is 23.8. The van der Waals surface area contributed by atoms with Crippen LogP contribution in [0.1, 0.15) is 53.7 Å². The molecule has 0 aliphatic heterocycles. The molecule has 22 heavy (non-hydrogen) atoms. The SMILES string of the molecule is O=C(N[C@H]1CC[C@@H](C(=O)O)C1)c1cc2c([nH]c1=O)CCCC2. The fraction of sp³-hybridized carbons (Fsp3) is 0.562. The maximum Gasteiger partial charge on any atom is 0.306 e. The number of aromatic nitrogens is 1. The van der Waals surface area contributed by atoms with E-state index in [1.807, 2.05) is 0 Å². The van der Waals surface area contributed by atoms with Crippen molar-refractivity contribution in [2.75, 3.05) is 0 Å². The number of carboxylic acid groups (broad SMARTS) is 1. The van der Waals surface area contributed by atoms with Crippen molar-refractivity contribution in [3.05, 3.63) is 33.2 Å². The molecule has 1 aromatic rings. The number of aliphatic carboxylic acids is 1. The summed E-state index contributed by atoms with van der Waals surface area (Å²) in [6, 6.07) is 1.54. The number of aromatic amines is 1. The maximum atomic E-state index is 12.3. The minimum atomic E-state index is -0.816. The number of hydrogen-bond acceptors (Lipinski definition) is 3. The Balaban J connectivity index is 1.73. The van der Waals surface area contributed by atoms with Gasteiger partial charge in [-0.3, -0.25) is 14.4 Å². The van der Waals surface area contributed by atoms with Gasteiger partial charge in [0.2, 0.25) is 0 Å². The predicted molar refractivity (Wildman–Crippen MR) is 79.9 cm³/mol. The van der Waals surface area contributed by atoms with Crippen molar-refractivity contribution >= 4 is 11.9 Å². The van der Waals surface area contributed by atoms with Crippen LogP contribution in [0.25, 0.3) is 0 Å². The van der Waals surface area contributed by atoms with Crippen LogP contribution in [0.15, 0.2) is 10.9 Å². The van der Waals surface area contributed by atoms with Crippen molar-refractivity contribution in [1.82, 2.24) is 10.3 Å². The first-order valence-electron chi connectivity index (χ1n) is 7.83. The summed E-state index contributed by atoms with van der Waals surface area (Å²) in [4.78, 5) is 38.1. The number of nitrogens with one attached hydrogen (secondary N) is 2. The Morgan fingerprint density at radius 1 is 1.23 bits per heavy atom. The van der Waals surface area contributed by atoms with Crippen LogP contribution in [-0.2, 0) is 17.6 Å². The average molecular weight is 304 g/mol. The van der Waals surface area contributed by atoms with E-state index in [1.165, 1.54) is 0 Å². The number of aryl methyl sites for hydroxylation is 2. The lowest BCUT2D eigenvalue weighted by molar-refractivity contribution is -0.141. The zero-order valence-electron chi connectivity index (χ0n) is 12.4. The summed E-state index contributed by atoms with van der Waals surface area (Å²) >= 11 is 0. The molecule has 0 spiro atoms. The molecular formula is C16H20N2O4. The van der Waals surface area contributed by atoms with Crippen LogP contribution < -0.4 is 10.9 Å². The van der Waals surface area contributed by atoms with Gasteiger partial charge in [0.05, 0.1) is 5.92 Å². The van der Waals surface area contributed by atoms with Crippen LogP contribution >= 0.6 is 0 Å². The second kappa shape index (κ2) is 5.94. The molecule has 0 unspecified atom stereocenters. The molecular weight excluding hydrogens is 284 g/mol. The van der Waals surface area contributed by atoms with Gasteiger partial charge >= 0.3 is 5.97 Å². The van der Waals surface area contributed by atoms with Gasteiger partial charge in [0.15, 0.2) is 0 Å². The number of pyridine rings is 1. The lowest BCUT2D eigenvalue weighted by Crippen LogP contribution is -2.37. The van der Waals surface area contributed by atoms with E-state index in [4.69, 9.17) is 5.11 Å². The number of carbonyl (C=O) groups excluding carboxylic acids is 1. The van der Waals surface area contributed by atoms with E-state index in [0.717, 1.165) is 36.9 Å². The van der Waals surface area contributed by atoms with Crippen molar-refractivity contribution in [2.24, 2.45) is 5.92 Å². The van der Waals surface area contributed by atoms with Gasteiger partial charge in [0, 0.05) is 11.7 Å². The number of hydrogen-bond donors (Lipinski definition) is 3. The molecule has 1 fully saturated rings. The third kappa shape index (κ3) is 2.91. The molecule has 6 heteroatoms. The zero-order valence-corrected chi connectivity index (χ0v) is 12.4. The molecule has 1 amide bonds. The third-order valence-electron chi connectivity index (χ3n) is 4.70. The van der Waals surface area contributed by atoms with E-state index in [2.05, 4.69) is 10.3 Å². The summed E-state index contributed by atoms with van der Waals surface area (Å²) in [5.74, 6) is -1.61. The van der Waals surface area contributed by atoms with Gasteiger partial charge in [-0.1, -0.05) is 0 Å². The smallest absolute Gasteiger partial charge is 0.306 e. The van der Waals surface area contributed by atoms with Gasteiger partial charge in [-0.05, 0) is 56.6 Å². The van der Waals surface area contributed by atoms with Crippen LogP contribution in [0.4, 0.5) is 0 Å². The molecule has 2 aliphatic rings. The van der Waals surface area contributed by atoms with Crippen molar-refractivity contribution in [2.45, 2.75) is 51.0 Å². The molecule has 2 atom stereocenters. The average Bonchev–Trinajstić information content (AvgIpc) is 2.95. The van der Waals surface area contributed by atoms with E-state index in [1.54, 1.807) is 6.07 Å². The molecule has 0 radical (unpaired) electrons. The Kier molecular flexibility index (Phi) is 4.00. The summed E-state index contributed by atoms with van der Waals surface area (Å²) in [6.45, 7) is 0. The van der Waals surface area contributed by atoms with Crippen LogP contribution in [0.5, 0.6) is 0 Å². The Morgan fingerprint density at radius 3 is 2.73 bits per heavy atom. The number of fused-ring (bicyclic) bond motifs is 1. The molecule has 118 valence electrons. The quantitative estimate of drug-likeness (QED) is 0.782. The van der Waals surface area contributed by atoms with E-state index < -0.39 is 17.8 Å². The fourth-order valence-corrected chi connectivity index (χ4v) is 3.44. The molecule has 3 rings (SSSR count). The summed E-state index contributed by atoms with van der Waals surface area (Å²) in [5.41, 5.74) is 1.77. The minimum Gasteiger partial charge on any atom is -0.481 e. The van der Waals surface area contributed by atoms with Crippen LogP contribution in [0.2, 0.25) is 0 Å². The number of amides is 1. The van der Waals surface area contributed by atoms with Crippen molar-refractivity contribution < 1.29 is 14.7 Å². The van der Waals surface area contributed by atoms with Crippen molar-refractivity contribution in [3.8, 4) is 0 Å². The third-order valence-corrected chi connectivity index (χ3v) is 4.70. The summed E-state index contributed by atoms with van der Waals surface area (Å²) in [6.07, 6.45) is 5.53. The van der Waals surface area contributed by atoms with Gasteiger partial charge in [-0.15, -0.1) is 0 Å². The highest BCUT2D eigenvalue weighted by molar-refractivity contribution is 5.94. The Labute approximate surface area is 127 Å². The number of rotatable bonds is 3. The number of H-pyrrole nitrogens is 1. The van der Waals surface area contributed by atoms with Gasteiger partial charge in [0.1, 0.15) is 5.56 Å². The molecule has 0 bridgehead atoms. The topological polar surface area (TPSA) is 99.3 Å². The Bertz CT molecular complexity index is 665. The first-order chi connectivity index (χ1) is 10.5. The monoisotopic (exact) mass is 304 g/mol. The second-order valence-electron chi connectivity index (χ2n) is 6.24. The molecule has 6 nitrogen and oxygen atoms in total. The number of carbonyl (C=O) groups is 2. The Hall–Kier alpha value is -2.11. The summed E-state index contributed by atoms with van der Waals surface area (Å²) in [7, 11) is 0. The zero-order chi connectivity index (χ0) is 15.7. The lowest BCUT2D eigenvalue weighted by atomic mass is 9.95. The summed E-state index contributed by atoms with van der Waals surface area (Å²) in [5, 5.41) is 11.8. The van der Waals surface area contributed by atoms with E-state index in [0.29, 0.717) is 19.3 Å². The van der Waals surface area contributed by atoms with Gasteiger partial charge in [0.25, 0.3) is 11.5 Å². The lowest BCUT2D eigenvalue weighted by Gasteiger charge is -2.17. The molecule has 2 aliphatic carbocycles. The van der Waals surface area contributed by atoms with Crippen LogP contribution in [0, 0.1) is 5.92 Å². The van der Waals surface area contributed by atoms with Gasteiger partial charge in [-0.25, -0.2) is 0 Å². The van der Waals surface area contributed by atoms with E-state index in [-0.39, 0.29) is 17.2 Å². The standard InChI is InChI=1S/C16H20N2O4/c19-14(17-11-6-5-10(7-11)16(21)22)12-8-9-3-1-2-4-13(9)18-15(12)20/h8,10-11H,1-7H2,(H,17,19)(H,18,20)(H,21,22)/t10-,11+/m1/s1. The molecule has 3 N–H and O–H groups in total. The number of carboxylic acids is 1. The largest absolute Gasteiger partial charge is 0.481 e.